The Morgan fingerprint density at radius 2 is 1.78 bits per heavy atom. The number of carbonyl (C=O) groups excluding carboxylic acids is 2. The van der Waals surface area contributed by atoms with Gasteiger partial charge in [-0.2, -0.15) is 0 Å². The fourth-order valence-corrected chi connectivity index (χ4v) is 3.01. The zero-order valence-corrected chi connectivity index (χ0v) is 16.5. The molecule has 2 aromatic rings. The number of nitrogens with two attached hydrogens (primary N) is 1. The number of halogens is 2. The van der Waals surface area contributed by atoms with E-state index in [-0.39, 0.29) is 37.2 Å². The van der Waals surface area contributed by atoms with Crippen LogP contribution in [0.1, 0.15) is 18.9 Å². The molecule has 27 heavy (non-hydrogen) atoms. The first-order valence-electron chi connectivity index (χ1n) is 8.57. The lowest BCUT2D eigenvalue weighted by Gasteiger charge is -2.15. The summed E-state index contributed by atoms with van der Waals surface area (Å²) in [6, 6.07) is 12.6. The molecule has 1 unspecified atom stereocenters. The van der Waals surface area contributed by atoms with E-state index in [2.05, 4.69) is 5.32 Å². The van der Waals surface area contributed by atoms with Gasteiger partial charge in [-0.05, 0) is 29.7 Å². The van der Waals surface area contributed by atoms with Crippen molar-refractivity contribution in [2.45, 2.75) is 19.8 Å². The third-order valence-corrected chi connectivity index (χ3v) is 4.54. The van der Waals surface area contributed by atoms with Crippen molar-refractivity contribution in [3.8, 4) is 0 Å². The average Bonchev–Trinajstić information content (AvgIpc) is 2.64. The van der Waals surface area contributed by atoms with Gasteiger partial charge < -0.3 is 15.8 Å². The van der Waals surface area contributed by atoms with Crippen LogP contribution >= 0.6 is 23.2 Å². The molecule has 0 saturated heterocycles. The fourth-order valence-electron chi connectivity index (χ4n) is 2.52. The molecule has 0 radical (unpaired) electrons. The van der Waals surface area contributed by atoms with Crippen LogP contribution in [-0.2, 0) is 20.7 Å². The highest BCUT2D eigenvalue weighted by Gasteiger charge is 2.14. The minimum atomic E-state index is -0.374. The maximum atomic E-state index is 12.2. The van der Waals surface area contributed by atoms with Gasteiger partial charge in [0.05, 0.1) is 35.3 Å². The Morgan fingerprint density at radius 1 is 1.11 bits per heavy atom. The number of nitrogens with one attached hydrogen (secondary N) is 1. The summed E-state index contributed by atoms with van der Waals surface area (Å²) >= 11 is 12.4. The Balaban J connectivity index is 2.01. The lowest BCUT2D eigenvalue weighted by molar-refractivity contribution is -0.144. The van der Waals surface area contributed by atoms with Crippen LogP contribution in [0.2, 0.25) is 10.0 Å². The van der Waals surface area contributed by atoms with E-state index >= 15 is 0 Å². The molecule has 5 nitrogen and oxygen atoms in total. The van der Waals surface area contributed by atoms with Gasteiger partial charge in [-0.25, -0.2) is 0 Å². The molecule has 0 aliphatic rings. The van der Waals surface area contributed by atoms with Crippen LogP contribution in [-0.4, -0.2) is 24.9 Å². The van der Waals surface area contributed by atoms with Crippen LogP contribution in [0.4, 0.5) is 11.4 Å². The van der Waals surface area contributed by atoms with Gasteiger partial charge in [-0.3, -0.25) is 9.59 Å². The summed E-state index contributed by atoms with van der Waals surface area (Å²) in [5.41, 5.74) is 7.35. The number of carbonyl (C=O) groups is 2. The topological polar surface area (TPSA) is 81.4 Å². The van der Waals surface area contributed by atoms with E-state index in [1.807, 2.05) is 31.2 Å². The smallest absolute Gasteiger partial charge is 0.310 e. The van der Waals surface area contributed by atoms with Crippen LogP contribution in [0.15, 0.2) is 42.5 Å². The number of esters is 1. The lowest BCUT2D eigenvalue weighted by atomic mass is 10.1. The molecule has 7 heteroatoms. The van der Waals surface area contributed by atoms with E-state index in [1.54, 1.807) is 18.2 Å². The van der Waals surface area contributed by atoms with Crippen LogP contribution in [0.25, 0.3) is 0 Å². The van der Waals surface area contributed by atoms with Crippen molar-refractivity contribution in [1.82, 2.24) is 0 Å². The highest BCUT2D eigenvalue weighted by molar-refractivity contribution is 6.39. The molecule has 144 valence electrons. The number of anilines is 2. The summed E-state index contributed by atoms with van der Waals surface area (Å²) in [5.74, 6) is -0.494. The second kappa shape index (κ2) is 10.3. The number of Topliss-reactive ketones (excluding diaryl/α,β-unsaturated/α-hetero) is 1. The Bertz CT molecular complexity index is 791. The van der Waals surface area contributed by atoms with E-state index in [0.29, 0.717) is 22.2 Å². The van der Waals surface area contributed by atoms with Crippen LogP contribution in [0.3, 0.4) is 0 Å². The number of ether oxygens (including phenoxy) is 1. The lowest BCUT2D eigenvalue weighted by Crippen LogP contribution is -2.20. The number of hydrogen-bond acceptors (Lipinski definition) is 5. The minimum Gasteiger partial charge on any atom is -0.465 e. The predicted octanol–water partition coefficient (Wildman–Crippen LogP) is 4.38. The van der Waals surface area contributed by atoms with E-state index in [9.17, 15) is 9.59 Å². The van der Waals surface area contributed by atoms with Crippen LogP contribution < -0.4 is 11.1 Å². The summed E-state index contributed by atoms with van der Waals surface area (Å²) in [6.07, 6.45) is 0.385. The third-order valence-electron chi connectivity index (χ3n) is 3.91. The molecule has 0 bridgehead atoms. The van der Waals surface area contributed by atoms with Gasteiger partial charge in [0.15, 0.2) is 0 Å². The molecule has 2 rings (SSSR count). The normalized spacial score (nSPS) is 11.7. The number of hydrogen-bond donors (Lipinski definition) is 2. The molecule has 0 amide bonds. The van der Waals surface area contributed by atoms with Gasteiger partial charge >= 0.3 is 5.97 Å². The van der Waals surface area contributed by atoms with Crippen molar-refractivity contribution in [3.05, 3.63) is 58.1 Å². The van der Waals surface area contributed by atoms with Crippen LogP contribution in [0, 0.1) is 5.92 Å². The Hall–Kier alpha value is -2.08. The first-order chi connectivity index (χ1) is 12.9. The van der Waals surface area contributed by atoms with Crippen molar-refractivity contribution in [2.75, 3.05) is 18.5 Å². The van der Waals surface area contributed by atoms with Crippen molar-refractivity contribution >= 4 is 46.3 Å². The minimum absolute atomic E-state index is 0.00192. The standard InChI is InChI=1S/C20H22Cl2N2O3/c1-13(9-15(25)11-23)12-27-19(26)10-14-5-2-3-8-18(14)24-20-16(21)6-4-7-17(20)22/h2-8,13,24H,9-12,23H2,1H3. The average molecular weight is 409 g/mol. The molecular formula is C20H22Cl2N2O3. The number of rotatable bonds is 9. The highest BCUT2D eigenvalue weighted by Crippen LogP contribution is 2.33. The molecule has 0 aliphatic carbocycles. The molecular weight excluding hydrogens is 387 g/mol. The zero-order valence-electron chi connectivity index (χ0n) is 15.0. The largest absolute Gasteiger partial charge is 0.465 e. The SMILES string of the molecule is CC(COC(=O)Cc1ccccc1Nc1c(Cl)cccc1Cl)CC(=O)CN. The van der Waals surface area contributed by atoms with E-state index < -0.39 is 0 Å². The van der Waals surface area contributed by atoms with Crippen molar-refractivity contribution in [1.29, 1.82) is 0 Å². The number of benzene rings is 2. The van der Waals surface area contributed by atoms with Crippen LogP contribution in [0.5, 0.6) is 0 Å². The van der Waals surface area contributed by atoms with Gasteiger partial charge in [-0.15, -0.1) is 0 Å². The molecule has 3 N–H and O–H groups in total. The predicted molar refractivity (Wildman–Crippen MR) is 109 cm³/mol. The summed E-state index contributed by atoms with van der Waals surface area (Å²) in [4.78, 5) is 23.5. The Morgan fingerprint density at radius 3 is 2.44 bits per heavy atom. The first kappa shape index (κ1) is 21.2. The highest BCUT2D eigenvalue weighted by atomic mass is 35.5. The van der Waals surface area contributed by atoms with Crippen molar-refractivity contribution in [2.24, 2.45) is 11.7 Å². The second-order valence-electron chi connectivity index (χ2n) is 6.29. The third kappa shape index (κ3) is 6.54. The van der Waals surface area contributed by atoms with Gasteiger partial charge in [0.2, 0.25) is 0 Å². The molecule has 0 heterocycles. The van der Waals surface area contributed by atoms with E-state index in [1.165, 1.54) is 0 Å². The van der Waals surface area contributed by atoms with Crippen molar-refractivity contribution in [3.63, 3.8) is 0 Å². The molecule has 0 aliphatic heterocycles. The molecule has 0 fully saturated rings. The zero-order chi connectivity index (χ0) is 19.8. The Kier molecular flexibility index (Phi) is 8.10. The summed E-state index contributed by atoms with van der Waals surface area (Å²) in [5, 5.41) is 4.15. The monoisotopic (exact) mass is 408 g/mol. The van der Waals surface area contributed by atoms with Gasteiger partial charge in [0.1, 0.15) is 5.78 Å². The molecule has 0 saturated carbocycles. The Labute approximate surface area is 168 Å². The van der Waals surface area contributed by atoms with Gasteiger partial charge in [0, 0.05) is 12.1 Å². The molecule has 0 aromatic heterocycles. The van der Waals surface area contributed by atoms with Gasteiger partial charge in [0.25, 0.3) is 0 Å². The molecule has 1 atom stereocenters. The number of ketones is 1. The van der Waals surface area contributed by atoms with Crippen molar-refractivity contribution < 1.29 is 14.3 Å². The van der Waals surface area contributed by atoms with E-state index in [4.69, 9.17) is 33.7 Å². The summed E-state index contributed by atoms with van der Waals surface area (Å²) in [7, 11) is 0. The van der Waals surface area contributed by atoms with Gasteiger partial charge in [-0.1, -0.05) is 54.4 Å². The maximum absolute atomic E-state index is 12.2. The maximum Gasteiger partial charge on any atom is 0.310 e. The second-order valence-corrected chi connectivity index (χ2v) is 7.11. The first-order valence-corrected chi connectivity index (χ1v) is 9.32. The van der Waals surface area contributed by atoms with E-state index in [0.717, 1.165) is 11.3 Å². The summed E-state index contributed by atoms with van der Waals surface area (Å²) in [6.45, 7) is 2.02. The quantitative estimate of drug-likeness (QED) is 0.601. The molecule has 0 spiro atoms. The summed E-state index contributed by atoms with van der Waals surface area (Å²) < 4.78 is 5.29. The molecule has 2 aromatic carbocycles. The fraction of sp³-hybridized carbons (Fsp3) is 0.300. The number of para-hydroxylation sites is 2.